The van der Waals surface area contributed by atoms with Gasteiger partial charge in [-0.15, -0.1) is 0 Å². The number of aromatic nitrogens is 1. The average Bonchev–Trinajstić information content (AvgIpc) is 2.47. The molecule has 0 aromatic carbocycles. The Morgan fingerprint density at radius 3 is 2.38 bits per heavy atom. The number of esters is 1. The molecule has 0 spiro atoms. The zero-order valence-corrected chi connectivity index (χ0v) is 11.6. The van der Waals surface area contributed by atoms with Crippen LogP contribution >= 0.6 is 0 Å². The normalized spacial score (nSPS) is 10.4. The van der Waals surface area contributed by atoms with Crippen LogP contribution in [0.4, 0.5) is 0 Å². The van der Waals surface area contributed by atoms with Gasteiger partial charge in [0, 0.05) is 6.07 Å². The summed E-state index contributed by atoms with van der Waals surface area (Å²) in [6.07, 6.45) is 0. The molecule has 0 aliphatic heterocycles. The summed E-state index contributed by atoms with van der Waals surface area (Å²) in [6, 6.07) is 0.962. The Hall–Kier alpha value is -0.850. The van der Waals surface area contributed by atoms with Gasteiger partial charge in [0.15, 0.2) is 11.5 Å². The third kappa shape index (κ3) is 4.34. The summed E-state index contributed by atoms with van der Waals surface area (Å²) in [4.78, 5) is 21.7. The van der Waals surface area contributed by atoms with Crippen molar-refractivity contribution < 1.29 is 53.5 Å². The van der Waals surface area contributed by atoms with Crippen LogP contribution in [0.25, 0.3) is 0 Å². The molecule has 0 saturated heterocycles. The van der Waals surface area contributed by atoms with E-state index in [9.17, 15) is 14.7 Å². The van der Waals surface area contributed by atoms with E-state index in [1.807, 2.05) is 0 Å². The van der Waals surface area contributed by atoms with Crippen LogP contribution in [0.5, 0.6) is 0 Å². The van der Waals surface area contributed by atoms with Crippen molar-refractivity contribution in [1.82, 2.24) is 5.16 Å². The minimum Gasteiger partial charge on any atom is -0.541 e. The first-order valence-electron chi connectivity index (χ1n) is 4.21. The average molecular weight is 235 g/mol. The summed E-state index contributed by atoms with van der Waals surface area (Å²) in [6.45, 7) is 5.06. The molecule has 6 nitrogen and oxygen atoms in total. The Morgan fingerprint density at radius 1 is 1.44 bits per heavy atom. The van der Waals surface area contributed by atoms with Gasteiger partial charge in [0.1, 0.15) is 11.6 Å². The molecule has 0 N–H and O–H groups in total. The zero-order chi connectivity index (χ0) is 11.6. The maximum atomic E-state index is 11.3. The number of carbonyl (C=O) groups excluding carboxylic acids is 2. The van der Waals surface area contributed by atoms with Gasteiger partial charge < -0.3 is 19.2 Å². The third-order valence-corrected chi connectivity index (χ3v) is 1.32. The number of hydrogen-bond acceptors (Lipinski definition) is 6. The molecule has 7 heteroatoms. The molecule has 1 aromatic heterocycles. The van der Waals surface area contributed by atoms with E-state index < -0.39 is 23.3 Å². The van der Waals surface area contributed by atoms with Crippen LogP contribution in [-0.2, 0) is 4.74 Å². The van der Waals surface area contributed by atoms with Gasteiger partial charge in [-0.2, -0.15) is 0 Å². The van der Waals surface area contributed by atoms with Crippen LogP contribution in [0.15, 0.2) is 10.6 Å². The summed E-state index contributed by atoms with van der Waals surface area (Å²) in [5, 5.41) is 13.6. The maximum Gasteiger partial charge on any atom is 1.00 e. The van der Waals surface area contributed by atoms with Crippen LogP contribution < -0.4 is 34.7 Å². The van der Waals surface area contributed by atoms with Gasteiger partial charge in [0.05, 0.1) is 0 Å². The van der Waals surface area contributed by atoms with Crippen LogP contribution in [0, 0.1) is 0 Å². The molecule has 0 bridgehead atoms. The predicted molar refractivity (Wildman–Crippen MR) is 46.0 cm³/mol. The first-order chi connectivity index (χ1) is 6.79. The number of carboxylic acid groups (broad SMARTS) is 1. The summed E-state index contributed by atoms with van der Waals surface area (Å²) in [5.41, 5.74) is -0.860. The molecule has 0 radical (unpaired) electrons. The quantitative estimate of drug-likeness (QED) is 0.400. The van der Waals surface area contributed by atoms with Crippen molar-refractivity contribution in [1.29, 1.82) is 0 Å². The monoisotopic (exact) mass is 235 g/mol. The second kappa shape index (κ2) is 5.47. The number of aromatic carboxylic acids is 1. The zero-order valence-electron chi connectivity index (χ0n) is 9.57. The van der Waals surface area contributed by atoms with Crippen molar-refractivity contribution in [2.75, 3.05) is 0 Å². The van der Waals surface area contributed by atoms with E-state index in [0.29, 0.717) is 0 Å². The first-order valence-corrected chi connectivity index (χ1v) is 4.21. The Bertz CT molecular complexity index is 393. The van der Waals surface area contributed by atoms with Crippen LogP contribution in [0.3, 0.4) is 0 Å². The number of rotatable bonds is 2. The fraction of sp³-hybridized carbons (Fsp3) is 0.444. The van der Waals surface area contributed by atoms with E-state index in [-0.39, 0.29) is 35.3 Å². The van der Waals surface area contributed by atoms with Crippen LogP contribution in [-0.4, -0.2) is 22.7 Å². The van der Waals surface area contributed by atoms with E-state index in [1.165, 1.54) is 0 Å². The molecule has 1 rings (SSSR count). The Morgan fingerprint density at radius 2 is 2.00 bits per heavy atom. The van der Waals surface area contributed by atoms with Gasteiger partial charge in [-0.1, -0.05) is 5.16 Å². The molecule has 0 amide bonds. The van der Waals surface area contributed by atoms with Gasteiger partial charge in [-0.05, 0) is 20.8 Å². The Labute approximate surface area is 114 Å². The molecule has 0 aliphatic carbocycles. The van der Waals surface area contributed by atoms with Crippen molar-refractivity contribution in [2.45, 2.75) is 26.4 Å². The van der Waals surface area contributed by atoms with Crippen molar-refractivity contribution >= 4 is 11.9 Å². The molecule has 82 valence electrons. The van der Waals surface area contributed by atoms with E-state index in [2.05, 4.69) is 9.68 Å². The third-order valence-electron chi connectivity index (χ3n) is 1.32. The van der Waals surface area contributed by atoms with E-state index in [4.69, 9.17) is 4.74 Å². The van der Waals surface area contributed by atoms with E-state index in [0.717, 1.165) is 6.07 Å². The second-order valence-corrected chi connectivity index (χ2v) is 3.87. The van der Waals surface area contributed by atoms with Gasteiger partial charge in [-0.25, -0.2) is 4.79 Å². The van der Waals surface area contributed by atoms with Gasteiger partial charge in [0.25, 0.3) is 0 Å². The number of carbonyl (C=O) groups is 2. The van der Waals surface area contributed by atoms with Gasteiger partial charge in [-0.3, -0.25) is 0 Å². The van der Waals surface area contributed by atoms with E-state index >= 15 is 0 Å². The second-order valence-electron chi connectivity index (χ2n) is 3.87. The smallest absolute Gasteiger partial charge is 0.541 e. The molecular weight excluding hydrogens is 225 g/mol. The van der Waals surface area contributed by atoms with Crippen molar-refractivity contribution in [3.05, 3.63) is 17.5 Å². The minimum absolute atomic E-state index is 0. The fourth-order valence-corrected chi connectivity index (χ4v) is 0.798. The molecule has 0 fully saturated rings. The number of nitrogens with zero attached hydrogens (tertiary/aromatic N) is 1. The molecule has 1 heterocycles. The SMILES string of the molecule is CC(C)(C)OC(=O)c1cc(C(=O)[O-])on1.[Na+]. The topological polar surface area (TPSA) is 92.5 Å². The number of hydrogen-bond donors (Lipinski definition) is 0. The fourth-order valence-electron chi connectivity index (χ4n) is 0.798. The Kier molecular flexibility index (Phi) is 5.18. The largest absolute Gasteiger partial charge is 1.00 e. The summed E-state index contributed by atoms with van der Waals surface area (Å²) < 4.78 is 9.29. The minimum atomic E-state index is -1.53. The molecular formula is C9H10NNaO5. The Balaban J connectivity index is 0.00000225. The molecule has 0 atom stereocenters. The number of carboxylic acids is 1. The molecule has 1 aromatic rings. The molecule has 16 heavy (non-hydrogen) atoms. The predicted octanol–water partition coefficient (Wildman–Crippen LogP) is -3.00. The summed E-state index contributed by atoms with van der Waals surface area (Å²) >= 11 is 0. The maximum absolute atomic E-state index is 11.3. The summed E-state index contributed by atoms with van der Waals surface area (Å²) in [7, 11) is 0. The molecule has 0 aliphatic rings. The standard InChI is InChI=1S/C9H11NO5.Na/c1-9(2,3)14-8(13)5-4-6(7(11)12)15-10-5;/h4H,1-3H3,(H,11,12);/q;+1/p-1. The van der Waals surface area contributed by atoms with Crippen LogP contribution in [0.1, 0.15) is 41.8 Å². The molecule has 0 saturated carbocycles. The van der Waals surface area contributed by atoms with Crippen molar-refractivity contribution in [2.24, 2.45) is 0 Å². The first kappa shape index (κ1) is 15.2. The molecule has 0 unspecified atom stereocenters. The van der Waals surface area contributed by atoms with Crippen molar-refractivity contribution in [3.8, 4) is 0 Å². The van der Waals surface area contributed by atoms with Gasteiger partial charge >= 0.3 is 35.5 Å². The van der Waals surface area contributed by atoms with E-state index in [1.54, 1.807) is 20.8 Å². The van der Waals surface area contributed by atoms with Crippen molar-refractivity contribution in [3.63, 3.8) is 0 Å². The number of ether oxygens (including phenoxy) is 1. The van der Waals surface area contributed by atoms with Gasteiger partial charge in [0.2, 0.25) is 0 Å². The van der Waals surface area contributed by atoms with Crippen LogP contribution in [0.2, 0.25) is 0 Å². The summed E-state index contributed by atoms with van der Waals surface area (Å²) in [5.74, 6) is -2.77.